The molecule has 13 atom stereocenters. The van der Waals surface area contributed by atoms with Crippen LogP contribution in [0.5, 0.6) is 0 Å². The van der Waals surface area contributed by atoms with Crippen LogP contribution in [0.3, 0.4) is 0 Å². The molecule has 248 valence electrons. The molecule has 10 heteroatoms. The Balaban J connectivity index is 1.58. The number of cyclic esters (lactones) is 1. The Morgan fingerprint density at radius 1 is 1.13 bits per heavy atom. The highest BCUT2D eigenvalue weighted by Crippen LogP contribution is 2.72. The Morgan fingerprint density at radius 2 is 1.87 bits per heavy atom. The molecule has 3 aliphatic carbocycles. The predicted molar refractivity (Wildman–Crippen MR) is 161 cm³/mol. The quantitative estimate of drug-likeness (QED) is 0.196. The van der Waals surface area contributed by atoms with Gasteiger partial charge in [0.15, 0.2) is 6.29 Å². The van der Waals surface area contributed by atoms with Crippen molar-refractivity contribution < 1.29 is 47.9 Å². The van der Waals surface area contributed by atoms with Crippen LogP contribution in [0.15, 0.2) is 35.1 Å². The Morgan fingerprint density at radius 3 is 2.49 bits per heavy atom. The molecule has 2 saturated heterocycles. The van der Waals surface area contributed by atoms with E-state index in [4.69, 9.17) is 28.4 Å². The van der Waals surface area contributed by atoms with Gasteiger partial charge in [0.1, 0.15) is 12.2 Å². The van der Waals surface area contributed by atoms with Gasteiger partial charge in [0.05, 0.1) is 37.1 Å². The van der Waals surface area contributed by atoms with Crippen molar-refractivity contribution in [1.29, 1.82) is 0 Å². The largest absolute Gasteiger partial charge is 0.462 e. The number of hydrogen-bond acceptors (Lipinski definition) is 10. The summed E-state index contributed by atoms with van der Waals surface area (Å²) in [7, 11) is 0. The number of aliphatic hydroxyl groups excluding tert-OH is 1. The van der Waals surface area contributed by atoms with Gasteiger partial charge in [-0.25, -0.2) is 4.79 Å². The van der Waals surface area contributed by atoms with E-state index in [2.05, 4.69) is 20.8 Å². The van der Waals surface area contributed by atoms with Crippen molar-refractivity contribution in [2.24, 2.45) is 39.9 Å². The summed E-state index contributed by atoms with van der Waals surface area (Å²) >= 11 is 0. The minimum Gasteiger partial charge on any atom is -0.462 e. The molecule has 0 bridgehead atoms. The van der Waals surface area contributed by atoms with Gasteiger partial charge in [-0.1, -0.05) is 32.4 Å². The zero-order valence-corrected chi connectivity index (χ0v) is 27.7. The maximum absolute atomic E-state index is 13.7. The third kappa shape index (κ3) is 4.60. The number of rotatable bonds is 6. The van der Waals surface area contributed by atoms with Crippen LogP contribution in [0.2, 0.25) is 0 Å². The summed E-state index contributed by atoms with van der Waals surface area (Å²) in [6.07, 6.45) is 2.48. The minimum absolute atomic E-state index is 0.173. The molecule has 0 spiro atoms. The van der Waals surface area contributed by atoms with Gasteiger partial charge < -0.3 is 33.5 Å². The van der Waals surface area contributed by atoms with Gasteiger partial charge in [-0.2, -0.15) is 0 Å². The fourth-order valence-corrected chi connectivity index (χ4v) is 10.4. The van der Waals surface area contributed by atoms with Crippen molar-refractivity contribution in [3.63, 3.8) is 0 Å². The van der Waals surface area contributed by atoms with E-state index in [-0.39, 0.29) is 36.8 Å². The van der Waals surface area contributed by atoms with Crippen LogP contribution >= 0.6 is 0 Å². The van der Waals surface area contributed by atoms with E-state index in [0.29, 0.717) is 25.0 Å². The smallest absolute Gasteiger partial charge is 0.333 e. The molecule has 3 aliphatic heterocycles. The van der Waals surface area contributed by atoms with Gasteiger partial charge in [0, 0.05) is 54.1 Å². The second kappa shape index (κ2) is 11.3. The molecule has 6 aliphatic rings. The number of allylic oxidation sites excluding steroid dienone is 2. The molecule has 0 aromatic carbocycles. The molecule has 0 amide bonds. The van der Waals surface area contributed by atoms with Crippen molar-refractivity contribution in [3.05, 3.63) is 35.1 Å². The van der Waals surface area contributed by atoms with Crippen molar-refractivity contribution in [1.82, 2.24) is 0 Å². The molecule has 1 N–H and O–H groups in total. The van der Waals surface area contributed by atoms with Crippen molar-refractivity contribution >= 4 is 17.9 Å². The van der Waals surface area contributed by atoms with Gasteiger partial charge in [0.25, 0.3) is 0 Å². The van der Waals surface area contributed by atoms with E-state index in [1.165, 1.54) is 13.2 Å². The summed E-state index contributed by atoms with van der Waals surface area (Å²) in [5.41, 5.74) is 0.211. The van der Waals surface area contributed by atoms with Gasteiger partial charge in [-0.05, 0) is 57.6 Å². The first-order valence-electron chi connectivity index (χ1n) is 16.4. The third-order valence-electron chi connectivity index (χ3n) is 12.5. The highest BCUT2D eigenvalue weighted by molar-refractivity contribution is 5.88. The lowest BCUT2D eigenvalue weighted by Gasteiger charge is -2.66. The molecule has 0 aromatic rings. The number of fused-ring (bicyclic) bond motifs is 4. The van der Waals surface area contributed by atoms with Crippen molar-refractivity contribution in [2.45, 2.75) is 111 Å². The number of carbonyl (C=O) groups excluding carboxylic acids is 3. The summed E-state index contributed by atoms with van der Waals surface area (Å²) < 4.78 is 37.4. The molecule has 0 radical (unpaired) electrons. The van der Waals surface area contributed by atoms with Gasteiger partial charge in [-0.3, -0.25) is 9.59 Å². The number of ether oxygens (including phenoxy) is 6. The van der Waals surface area contributed by atoms with E-state index in [9.17, 15) is 19.5 Å². The number of aliphatic hydroxyl groups is 1. The summed E-state index contributed by atoms with van der Waals surface area (Å²) in [6.45, 7) is 15.9. The van der Waals surface area contributed by atoms with Crippen LogP contribution in [-0.4, -0.2) is 73.0 Å². The van der Waals surface area contributed by atoms with Crippen LogP contribution in [0.25, 0.3) is 0 Å². The Bertz CT molecular complexity index is 1350. The normalized spacial score (nSPS) is 47.0. The first-order chi connectivity index (χ1) is 21.2. The number of hydrogen-bond donors (Lipinski definition) is 1. The zero-order valence-electron chi connectivity index (χ0n) is 27.7. The predicted octanol–water partition coefficient (Wildman–Crippen LogP) is 4.40. The fraction of sp³-hybridized carbons (Fsp3) is 0.743. The fourth-order valence-electron chi connectivity index (χ4n) is 10.4. The topological polar surface area (TPSA) is 127 Å². The van der Waals surface area contributed by atoms with Crippen LogP contribution in [0.1, 0.15) is 74.7 Å². The van der Waals surface area contributed by atoms with Crippen LogP contribution in [-0.2, 0) is 42.8 Å². The highest BCUT2D eigenvalue weighted by Gasteiger charge is 2.77. The van der Waals surface area contributed by atoms with E-state index in [1.807, 2.05) is 13.8 Å². The van der Waals surface area contributed by atoms with E-state index >= 15 is 0 Å². The average Bonchev–Trinajstić information content (AvgIpc) is 3.64. The summed E-state index contributed by atoms with van der Waals surface area (Å²) in [4.78, 5) is 38.7. The van der Waals surface area contributed by atoms with Gasteiger partial charge in [-0.15, -0.1) is 0 Å². The molecule has 45 heavy (non-hydrogen) atoms. The third-order valence-corrected chi connectivity index (χ3v) is 12.5. The highest BCUT2D eigenvalue weighted by atomic mass is 16.7. The maximum Gasteiger partial charge on any atom is 0.333 e. The standard InChI is InChI=1S/C35H48O10/c1-9-17(3)31(38)45-30-28-29-33(6,16-42-28)25(43-19(5)36)15-24(37)34(29,7)23-14-26(40-10-2)44-22-13-21(20-11-12-41-32(20)39)18(4)27(22)35(23,30)8/h9,11-12,20-26,28-30,37H,10,13-16H2,1-8H3/b17-9+/t20-,21+,22-,23+,24-,25+,26+,28+,29-,30+,33+,34-,35+/m0/s1. The lowest BCUT2D eigenvalue weighted by molar-refractivity contribution is -0.259. The monoisotopic (exact) mass is 628 g/mol. The Labute approximate surface area is 265 Å². The molecule has 0 aromatic heterocycles. The maximum atomic E-state index is 13.7. The molecule has 3 heterocycles. The summed E-state index contributed by atoms with van der Waals surface area (Å²) in [5, 5.41) is 12.2. The Kier molecular flexibility index (Phi) is 8.15. The van der Waals surface area contributed by atoms with Gasteiger partial charge >= 0.3 is 17.9 Å². The second-order valence-electron chi connectivity index (χ2n) is 14.6. The molecule has 2 saturated carbocycles. The number of esters is 3. The summed E-state index contributed by atoms with van der Waals surface area (Å²) in [5.74, 6) is -2.37. The lowest BCUT2D eigenvalue weighted by Crippen LogP contribution is -2.72. The Hall–Kier alpha value is -2.53. The zero-order chi connectivity index (χ0) is 32.6. The molecule has 0 unspecified atom stereocenters. The SMILES string of the molecule is C/C=C(\C)C(=O)O[C@@H]1[C@@H]2OC[C@]3(C)[C@H](OC(C)=O)C[C@H](O)[C@@](C)([C@@H]23)[C@H]2C[C@H](OCC)O[C@H]3C[C@@H]([C@@H]4C=COC4=O)C(C)=C3[C@]12C. The minimum atomic E-state index is -0.859. The molecule has 6 rings (SSSR count). The van der Waals surface area contributed by atoms with Crippen LogP contribution in [0, 0.1) is 39.9 Å². The molecule has 4 fully saturated rings. The molecule has 10 nitrogen and oxygen atoms in total. The second-order valence-corrected chi connectivity index (χ2v) is 14.6. The first-order valence-corrected chi connectivity index (χ1v) is 16.4. The van der Waals surface area contributed by atoms with Gasteiger partial charge in [0.2, 0.25) is 0 Å². The van der Waals surface area contributed by atoms with Crippen molar-refractivity contribution in [3.8, 4) is 0 Å². The van der Waals surface area contributed by atoms with Crippen molar-refractivity contribution in [2.75, 3.05) is 13.2 Å². The molecular weight excluding hydrogens is 580 g/mol. The average molecular weight is 629 g/mol. The van der Waals surface area contributed by atoms with Crippen LogP contribution in [0.4, 0.5) is 0 Å². The first kappa shape index (κ1) is 32.4. The van der Waals surface area contributed by atoms with Crippen LogP contribution < -0.4 is 0 Å². The van der Waals surface area contributed by atoms with E-state index in [1.54, 1.807) is 26.0 Å². The lowest BCUT2D eigenvalue weighted by atomic mass is 9.39. The number of carbonyl (C=O) groups is 3. The molecular formula is C35H48O10. The van der Waals surface area contributed by atoms with E-state index < -0.39 is 70.9 Å². The summed E-state index contributed by atoms with van der Waals surface area (Å²) in [6, 6.07) is 0. The van der Waals surface area contributed by atoms with E-state index in [0.717, 1.165) is 11.1 Å².